The number of benzene rings is 2. The van der Waals surface area contributed by atoms with Crippen molar-refractivity contribution in [1.29, 1.82) is 0 Å². The molecule has 0 aliphatic carbocycles. The molecule has 1 aliphatic rings. The number of carbonyl (C=O) groups is 3. The van der Waals surface area contributed by atoms with Crippen LogP contribution in [0.15, 0.2) is 42.5 Å². The molecule has 1 heterocycles. The molecular formula is C23H26ClN3O4. The van der Waals surface area contributed by atoms with Gasteiger partial charge in [-0.15, -0.1) is 0 Å². The van der Waals surface area contributed by atoms with Crippen molar-refractivity contribution < 1.29 is 19.1 Å². The lowest BCUT2D eigenvalue weighted by atomic mass is 10.1. The average molecular weight is 444 g/mol. The number of halogens is 1. The first-order chi connectivity index (χ1) is 14.9. The van der Waals surface area contributed by atoms with Gasteiger partial charge < -0.3 is 20.3 Å². The highest BCUT2D eigenvalue weighted by Gasteiger charge is 2.34. The number of nitrogens with one attached hydrogen (secondary N) is 2. The number of nitrogens with zero attached hydrogens (tertiary/aromatic N) is 1. The Morgan fingerprint density at radius 3 is 2.65 bits per heavy atom. The summed E-state index contributed by atoms with van der Waals surface area (Å²) in [6, 6.07) is 12.2. The van der Waals surface area contributed by atoms with Crippen LogP contribution < -0.4 is 20.3 Å². The van der Waals surface area contributed by atoms with E-state index in [0.717, 1.165) is 12.0 Å². The Labute approximate surface area is 186 Å². The highest BCUT2D eigenvalue weighted by molar-refractivity contribution is 6.31. The van der Waals surface area contributed by atoms with Crippen LogP contribution in [0.25, 0.3) is 0 Å². The third-order valence-corrected chi connectivity index (χ3v) is 5.27. The summed E-state index contributed by atoms with van der Waals surface area (Å²) in [5.74, 6) is -0.301. The summed E-state index contributed by atoms with van der Waals surface area (Å²) >= 11 is 5.97. The monoisotopic (exact) mass is 443 g/mol. The maximum atomic E-state index is 12.3. The molecule has 31 heavy (non-hydrogen) atoms. The van der Waals surface area contributed by atoms with Crippen LogP contribution in [0.3, 0.4) is 0 Å². The number of amides is 3. The van der Waals surface area contributed by atoms with Gasteiger partial charge in [-0.1, -0.05) is 24.6 Å². The number of hydrogen-bond donors (Lipinski definition) is 2. The highest BCUT2D eigenvalue weighted by Crippen LogP contribution is 2.27. The second-order valence-corrected chi connectivity index (χ2v) is 7.92. The number of hydrogen-bond acceptors (Lipinski definition) is 4. The predicted octanol–water partition coefficient (Wildman–Crippen LogP) is 3.55. The molecule has 2 aromatic carbocycles. The van der Waals surface area contributed by atoms with E-state index in [0.29, 0.717) is 35.2 Å². The van der Waals surface area contributed by atoms with Crippen LogP contribution in [0.5, 0.6) is 5.75 Å². The van der Waals surface area contributed by atoms with E-state index in [4.69, 9.17) is 16.3 Å². The van der Waals surface area contributed by atoms with Crippen molar-refractivity contribution in [3.05, 3.63) is 53.1 Å². The number of rotatable bonds is 8. The Kier molecular flexibility index (Phi) is 7.52. The molecule has 0 radical (unpaired) electrons. The lowest BCUT2D eigenvalue weighted by Gasteiger charge is -2.17. The average Bonchev–Trinajstić information content (AvgIpc) is 3.15. The molecule has 0 aromatic heterocycles. The van der Waals surface area contributed by atoms with Crippen LogP contribution in [0, 0.1) is 12.8 Å². The van der Waals surface area contributed by atoms with E-state index >= 15 is 0 Å². The van der Waals surface area contributed by atoms with E-state index in [1.165, 1.54) is 0 Å². The molecule has 1 atom stereocenters. The Morgan fingerprint density at radius 2 is 1.94 bits per heavy atom. The second kappa shape index (κ2) is 10.3. The lowest BCUT2D eigenvalue weighted by molar-refractivity contribution is -0.126. The minimum atomic E-state index is -0.339. The maximum Gasteiger partial charge on any atom is 0.262 e. The molecule has 1 saturated heterocycles. The standard InChI is InChI=1S/C23H26ClN3O4/c1-3-10-25-23(30)16-11-22(29)27(13-16)18-6-8-19(9-7-18)31-14-21(28)26-20-12-17(24)5-4-15(20)2/h4-9,12,16H,3,10-11,13-14H2,1-2H3,(H,25,30)(H,26,28). The Morgan fingerprint density at radius 1 is 1.19 bits per heavy atom. The van der Waals surface area contributed by atoms with Crippen LogP contribution in [0.1, 0.15) is 25.3 Å². The quantitative estimate of drug-likeness (QED) is 0.653. The summed E-state index contributed by atoms with van der Waals surface area (Å²) in [4.78, 5) is 38.3. The van der Waals surface area contributed by atoms with Crippen molar-refractivity contribution in [1.82, 2.24) is 5.32 Å². The Bertz CT molecular complexity index is 962. The highest BCUT2D eigenvalue weighted by atomic mass is 35.5. The predicted molar refractivity (Wildman–Crippen MR) is 121 cm³/mol. The van der Waals surface area contributed by atoms with Crippen LogP contribution in [-0.4, -0.2) is 37.4 Å². The topological polar surface area (TPSA) is 87.7 Å². The van der Waals surface area contributed by atoms with Gasteiger partial charge in [0.15, 0.2) is 6.61 Å². The first-order valence-corrected chi connectivity index (χ1v) is 10.6. The van der Waals surface area contributed by atoms with Gasteiger partial charge in [0.1, 0.15) is 5.75 Å². The van der Waals surface area contributed by atoms with Gasteiger partial charge in [0.2, 0.25) is 11.8 Å². The summed E-state index contributed by atoms with van der Waals surface area (Å²) < 4.78 is 5.55. The maximum absolute atomic E-state index is 12.3. The van der Waals surface area contributed by atoms with Crippen molar-refractivity contribution in [2.75, 3.05) is 29.9 Å². The smallest absolute Gasteiger partial charge is 0.262 e. The second-order valence-electron chi connectivity index (χ2n) is 7.49. The normalized spacial score (nSPS) is 15.6. The number of carbonyl (C=O) groups excluding carboxylic acids is 3. The summed E-state index contributed by atoms with van der Waals surface area (Å²) in [5, 5.41) is 6.16. The first kappa shape index (κ1) is 22.6. The molecule has 0 saturated carbocycles. The van der Waals surface area contributed by atoms with Crippen LogP contribution in [0.4, 0.5) is 11.4 Å². The lowest BCUT2D eigenvalue weighted by Crippen LogP contribution is -2.33. The third kappa shape index (κ3) is 5.98. The summed E-state index contributed by atoms with van der Waals surface area (Å²) in [6.07, 6.45) is 1.06. The fraction of sp³-hybridized carbons (Fsp3) is 0.348. The molecule has 164 valence electrons. The van der Waals surface area contributed by atoms with E-state index in [9.17, 15) is 14.4 Å². The third-order valence-electron chi connectivity index (χ3n) is 5.04. The molecule has 3 amide bonds. The summed E-state index contributed by atoms with van der Waals surface area (Å²) in [7, 11) is 0. The van der Waals surface area contributed by atoms with Crippen LogP contribution in [-0.2, 0) is 14.4 Å². The zero-order valence-electron chi connectivity index (χ0n) is 17.6. The summed E-state index contributed by atoms with van der Waals surface area (Å²) in [6.45, 7) is 4.67. The van der Waals surface area contributed by atoms with Crippen molar-refractivity contribution in [2.24, 2.45) is 5.92 Å². The number of aryl methyl sites for hydroxylation is 1. The van der Waals surface area contributed by atoms with Crippen molar-refractivity contribution in [3.63, 3.8) is 0 Å². The van der Waals surface area contributed by atoms with Gasteiger partial charge in [-0.3, -0.25) is 14.4 Å². The molecular weight excluding hydrogens is 418 g/mol. The fourth-order valence-corrected chi connectivity index (χ4v) is 3.48. The largest absolute Gasteiger partial charge is 0.484 e. The molecule has 2 aromatic rings. The first-order valence-electron chi connectivity index (χ1n) is 10.2. The number of ether oxygens (including phenoxy) is 1. The van der Waals surface area contributed by atoms with Gasteiger partial charge >= 0.3 is 0 Å². The van der Waals surface area contributed by atoms with Crippen molar-refractivity contribution in [2.45, 2.75) is 26.7 Å². The van der Waals surface area contributed by atoms with E-state index < -0.39 is 0 Å². The zero-order chi connectivity index (χ0) is 22.4. The van der Waals surface area contributed by atoms with Gasteiger partial charge in [0.25, 0.3) is 5.91 Å². The van der Waals surface area contributed by atoms with Gasteiger partial charge in [-0.2, -0.15) is 0 Å². The molecule has 1 aliphatic heterocycles. The molecule has 1 fully saturated rings. The van der Waals surface area contributed by atoms with Crippen molar-refractivity contribution >= 4 is 40.7 Å². The SMILES string of the molecule is CCCNC(=O)C1CC(=O)N(c2ccc(OCC(=O)Nc3cc(Cl)ccc3C)cc2)C1. The van der Waals surface area contributed by atoms with Crippen LogP contribution >= 0.6 is 11.6 Å². The van der Waals surface area contributed by atoms with E-state index in [1.807, 2.05) is 19.9 Å². The molecule has 8 heteroatoms. The minimum absolute atomic E-state index is 0.0819. The molecule has 7 nitrogen and oxygen atoms in total. The molecule has 1 unspecified atom stereocenters. The number of anilines is 2. The van der Waals surface area contributed by atoms with Gasteiger partial charge in [-0.05, 0) is 55.3 Å². The van der Waals surface area contributed by atoms with E-state index in [-0.39, 0.29) is 36.7 Å². The Hall–Kier alpha value is -3.06. The van der Waals surface area contributed by atoms with E-state index in [1.54, 1.807) is 41.3 Å². The Balaban J connectivity index is 1.53. The molecule has 0 bridgehead atoms. The minimum Gasteiger partial charge on any atom is -0.484 e. The van der Waals surface area contributed by atoms with Crippen LogP contribution in [0.2, 0.25) is 5.02 Å². The van der Waals surface area contributed by atoms with E-state index in [2.05, 4.69) is 10.6 Å². The van der Waals surface area contributed by atoms with Gasteiger partial charge in [0, 0.05) is 35.9 Å². The molecule has 3 rings (SSSR count). The van der Waals surface area contributed by atoms with Gasteiger partial charge in [-0.25, -0.2) is 0 Å². The molecule has 2 N–H and O–H groups in total. The van der Waals surface area contributed by atoms with Gasteiger partial charge in [0.05, 0.1) is 5.92 Å². The fourth-order valence-electron chi connectivity index (χ4n) is 3.31. The molecule has 0 spiro atoms. The van der Waals surface area contributed by atoms with Crippen molar-refractivity contribution in [3.8, 4) is 5.75 Å². The zero-order valence-corrected chi connectivity index (χ0v) is 18.4. The summed E-state index contributed by atoms with van der Waals surface area (Å²) in [5.41, 5.74) is 2.24.